The summed E-state index contributed by atoms with van der Waals surface area (Å²) < 4.78 is 71.6. The van der Waals surface area contributed by atoms with Gasteiger partial charge in [-0.1, -0.05) is 11.6 Å². The highest BCUT2D eigenvalue weighted by Crippen LogP contribution is 2.39. The molecule has 4 aromatic rings. The second-order valence-electron chi connectivity index (χ2n) is 8.96. The average Bonchev–Trinajstić information content (AvgIpc) is 3.50. The Bertz CT molecular complexity index is 1500. The highest BCUT2D eigenvalue weighted by molar-refractivity contribution is 6.30. The number of nitrogens with one attached hydrogen (secondary N) is 1. The topological polar surface area (TPSA) is 84.0 Å². The molecule has 1 aromatic heterocycles. The molecule has 3 heterocycles. The van der Waals surface area contributed by atoms with Crippen LogP contribution in [-0.4, -0.2) is 54.8 Å². The molecule has 0 bridgehead atoms. The molecule has 4 atom stereocenters. The second-order valence-corrected chi connectivity index (χ2v) is 9.40. The second kappa shape index (κ2) is 10.4. The minimum Gasteiger partial charge on any atom is -0.493 e. The minimum absolute atomic E-state index is 0.0400. The van der Waals surface area contributed by atoms with Crippen LogP contribution < -0.4 is 19.5 Å². The van der Waals surface area contributed by atoms with Gasteiger partial charge in [-0.3, -0.25) is 0 Å². The molecule has 2 aliphatic heterocycles. The van der Waals surface area contributed by atoms with Crippen LogP contribution in [0.15, 0.2) is 54.9 Å². The van der Waals surface area contributed by atoms with E-state index in [1.807, 2.05) is 0 Å². The van der Waals surface area contributed by atoms with Gasteiger partial charge in [0.1, 0.15) is 30.1 Å². The van der Waals surface area contributed by atoms with Gasteiger partial charge in [-0.2, -0.15) is 0 Å². The van der Waals surface area contributed by atoms with Gasteiger partial charge in [-0.15, -0.1) is 0 Å². The van der Waals surface area contributed by atoms with E-state index in [1.165, 1.54) is 25.6 Å². The van der Waals surface area contributed by atoms with Crippen LogP contribution in [0.4, 0.5) is 24.7 Å². The van der Waals surface area contributed by atoms with Crippen LogP contribution in [0, 0.1) is 11.6 Å². The zero-order valence-corrected chi connectivity index (χ0v) is 21.1. The molecule has 8 nitrogen and oxygen atoms in total. The van der Waals surface area contributed by atoms with Crippen molar-refractivity contribution in [1.82, 2.24) is 9.97 Å². The fourth-order valence-electron chi connectivity index (χ4n) is 4.58. The number of methoxy groups -OCH3 is 1. The van der Waals surface area contributed by atoms with E-state index in [9.17, 15) is 13.2 Å². The van der Waals surface area contributed by atoms with Crippen LogP contribution >= 0.6 is 11.6 Å². The molecule has 1 unspecified atom stereocenters. The lowest BCUT2D eigenvalue weighted by atomic mass is 10.1. The predicted octanol–water partition coefficient (Wildman–Crippen LogP) is 5.99. The number of halogens is 4. The highest BCUT2D eigenvalue weighted by atomic mass is 35.5. The highest BCUT2D eigenvalue weighted by Gasteiger charge is 2.49. The van der Waals surface area contributed by atoms with E-state index in [2.05, 4.69) is 15.3 Å². The van der Waals surface area contributed by atoms with E-state index in [1.54, 1.807) is 24.3 Å². The van der Waals surface area contributed by atoms with E-state index >= 15 is 0 Å². The maximum absolute atomic E-state index is 14.8. The van der Waals surface area contributed by atoms with Crippen LogP contribution in [0.1, 0.15) is 0 Å². The molecule has 0 aliphatic carbocycles. The predicted molar refractivity (Wildman–Crippen MR) is 136 cm³/mol. The maximum atomic E-state index is 14.8. The normalized spacial score (nSPS) is 22.1. The number of rotatable bonds is 7. The summed E-state index contributed by atoms with van der Waals surface area (Å²) in [6.45, 7) is 0.129. The molecule has 2 fully saturated rings. The standard InChI is InChI=1S/C27H21ClF3N3O5/c1-35-21-8-16-20(9-22(21)39-23-11-37-25-19(31)10-36-26(23)25)32-12-33-27(16)34-14-6-17(29)24(18(30)7-14)38-15-4-2-13(28)3-5-15/h2-9,12,19,23,25-26H,10-11H2,1H3,(H,32,33,34)/t19-,23-,25+,26?/m1/s1. The van der Waals surface area contributed by atoms with Crippen LogP contribution in [0.3, 0.4) is 0 Å². The smallest absolute Gasteiger partial charge is 0.198 e. The van der Waals surface area contributed by atoms with Gasteiger partial charge in [0, 0.05) is 34.3 Å². The van der Waals surface area contributed by atoms with E-state index in [-0.39, 0.29) is 30.5 Å². The average molecular weight is 560 g/mol. The molecule has 0 spiro atoms. The summed E-state index contributed by atoms with van der Waals surface area (Å²) in [4.78, 5) is 8.52. The van der Waals surface area contributed by atoms with Gasteiger partial charge in [0.05, 0.1) is 25.8 Å². The van der Waals surface area contributed by atoms with Crippen molar-refractivity contribution in [2.45, 2.75) is 24.5 Å². The molecule has 0 radical (unpaired) electrons. The van der Waals surface area contributed by atoms with Gasteiger partial charge in [0.25, 0.3) is 0 Å². The summed E-state index contributed by atoms with van der Waals surface area (Å²) in [5, 5.41) is 3.90. The number of hydrogen-bond acceptors (Lipinski definition) is 8. The molecule has 1 N–H and O–H groups in total. The molecule has 12 heteroatoms. The van der Waals surface area contributed by atoms with Crippen molar-refractivity contribution in [1.29, 1.82) is 0 Å². The summed E-state index contributed by atoms with van der Waals surface area (Å²) in [5.41, 5.74) is 0.569. The summed E-state index contributed by atoms with van der Waals surface area (Å²) in [5.74, 6) is -1.17. The summed E-state index contributed by atoms with van der Waals surface area (Å²) in [7, 11) is 1.46. The number of benzene rings is 3. The van der Waals surface area contributed by atoms with Gasteiger partial charge in [-0.25, -0.2) is 23.1 Å². The van der Waals surface area contributed by atoms with Crippen molar-refractivity contribution in [3.63, 3.8) is 0 Å². The van der Waals surface area contributed by atoms with Crippen molar-refractivity contribution in [3.8, 4) is 23.0 Å². The van der Waals surface area contributed by atoms with Crippen LogP contribution in [0.5, 0.6) is 23.0 Å². The van der Waals surface area contributed by atoms with Gasteiger partial charge in [0.2, 0.25) is 0 Å². The number of ether oxygens (including phenoxy) is 5. The van der Waals surface area contributed by atoms with Crippen LogP contribution in [-0.2, 0) is 9.47 Å². The van der Waals surface area contributed by atoms with E-state index in [4.69, 9.17) is 35.3 Å². The Labute approximate surface area is 225 Å². The van der Waals surface area contributed by atoms with Gasteiger partial charge in [0.15, 0.2) is 41.2 Å². The van der Waals surface area contributed by atoms with Crippen molar-refractivity contribution >= 4 is 34.0 Å². The lowest BCUT2D eigenvalue weighted by Gasteiger charge is -2.20. The van der Waals surface area contributed by atoms with E-state index < -0.39 is 41.9 Å². The molecule has 0 saturated carbocycles. The molecular weight excluding hydrogens is 539 g/mol. The van der Waals surface area contributed by atoms with Gasteiger partial charge >= 0.3 is 0 Å². The molecule has 39 heavy (non-hydrogen) atoms. The first-order chi connectivity index (χ1) is 18.9. The van der Waals surface area contributed by atoms with Crippen molar-refractivity contribution in [2.24, 2.45) is 0 Å². The summed E-state index contributed by atoms with van der Waals surface area (Å²) in [6, 6.07) is 11.6. The maximum Gasteiger partial charge on any atom is 0.198 e. The fourth-order valence-corrected chi connectivity index (χ4v) is 4.71. The Kier molecular flexibility index (Phi) is 6.79. The Balaban J connectivity index is 1.26. The number of aromatic nitrogens is 2. The van der Waals surface area contributed by atoms with Crippen LogP contribution in [0.25, 0.3) is 10.9 Å². The monoisotopic (exact) mass is 559 g/mol. The number of nitrogens with zero attached hydrogens (tertiary/aromatic N) is 2. The fraction of sp³-hybridized carbons (Fsp3) is 0.259. The van der Waals surface area contributed by atoms with Gasteiger partial charge < -0.3 is 29.0 Å². The number of fused-ring (bicyclic) bond motifs is 2. The lowest BCUT2D eigenvalue weighted by Crippen LogP contribution is -2.33. The van der Waals surface area contributed by atoms with Crippen molar-refractivity contribution in [2.75, 3.05) is 25.6 Å². The Hall–Kier alpha value is -3.80. The third-order valence-corrected chi connectivity index (χ3v) is 6.69. The van der Waals surface area contributed by atoms with Crippen LogP contribution in [0.2, 0.25) is 5.02 Å². The van der Waals surface area contributed by atoms with Gasteiger partial charge in [-0.05, 0) is 30.3 Å². The largest absolute Gasteiger partial charge is 0.493 e. The molecule has 2 aliphatic rings. The summed E-state index contributed by atoms with van der Waals surface area (Å²) in [6.07, 6.45) is -1.62. The Morgan fingerprint density at radius 1 is 0.949 bits per heavy atom. The molecular formula is C27H21ClF3N3O5. The summed E-state index contributed by atoms with van der Waals surface area (Å²) >= 11 is 5.85. The molecule has 202 valence electrons. The molecule has 0 amide bonds. The quantitative estimate of drug-likeness (QED) is 0.296. The van der Waals surface area contributed by atoms with E-state index in [0.717, 1.165) is 12.1 Å². The molecule has 6 rings (SSSR count). The first kappa shape index (κ1) is 25.5. The van der Waals surface area contributed by atoms with Crippen molar-refractivity contribution in [3.05, 3.63) is 71.5 Å². The van der Waals surface area contributed by atoms with E-state index in [0.29, 0.717) is 27.4 Å². The SMILES string of the molecule is COc1cc2c(Nc3cc(F)c(Oc4ccc(Cl)cc4)c(F)c3)ncnc2cc1O[C@@H]1CO[C@@H]2C1OC[C@H]2F. The van der Waals surface area contributed by atoms with Crippen molar-refractivity contribution < 1.29 is 36.9 Å². The first-order valence-electron chi connectivity index (χ1n) is 12.0. The Morgan fingerprint density at radius 2 is 1.69 bits per heavy atom. The Morgan fingerprint density at radius 3 is 2.44 bits per heavy atom. The lowest BCUT2D eigenvalue weighted by molar-refractivity contribution is 0.0271. The zero-order valence-electron chi connectivity index (χ0n) is 20.4. The molecule has 2 saturated heterocycles. The number of alkyl halides is 1. The number of anilines is 2. The third kappa shape index (κ3) is 5.00. The number of hydrogen-bond donors (Lipinski definition) is 1. The molecule has 3 aromatic carbocycles. The first-order valence-corrected chi connectivity index (χ1v) is 12.3. The zero-order chi connectivity index (χ0) is 27.1. The minimum atomic E-state index is -1.20. The third-order valence-electron chi connectivity index (χ3n) is 6.44.